The van der Waals surface area contributed by atoms with Crippen LogP contribution in [0.4, 0.5) is 0 Å². The summed E-state index contributed by atoms with van der Waals surface area (Å²) in [5.74, 6) is -0.809. The molecule has 0 aromatic heterocycles. The Hall–Kier alpha value is -1.22. The minimum atomic E-state index is -1.35. The maximum absolute atomic E-state index is 12.6. The molecule has 1 aliphatic heterocycles. The van der Waals surface area contributed by atoms with Gasteiger partial charge in [0.25, 0.3) is 0 Å². The molecule has 302 valence electrons. The number of carbonyl (C=O) groups excluding carboxylic acids is 2. The van der Waals surface area contributed by atoms with Gasteiger partial charge in [-0.3, -0.25) is 9.59 Å². The monoisotopic (exact) mass is 727 g/mol. The van der Waals surface area contributed by atoms with Crippen molar-refractivity contribution >= 4 is 11.9 Å². The molecule has 0 bridgehead atoms. The number of aliphatic hydroxyl groups is 2. The summed E-state index contributed by atoms with van der Waals surface area (Å²) in [6, 6.07) is 0. The molecule has 0 unspecified atom stereocenters. The van der Waals surface area contributed by atoms with E-state index in [2.05, 4.69) is 13.8 Å². The second-order valence-corrected chi connectivity index (χ2v) is 15.3. The number of esters is 2. The van der Waals surface area contributed by atoms with Gasteiger partial charge >= 0.3 is 11.9 Å². The van der Waals surface area contributed by atoms with Gasteiger partial charge in [-0.05, 0) is 12.8 Å². The molecular formula is C43H82O8. The molecule has 0 aliphatic carbocycles. The summed E-state index contributed by atoms with van der Waals surface area (Å²) >= 11 is 0. The summed E-state index contributed by atoms with van der Waals surface area (Å²) in [4.78, 5) is 25.0. The van der Waals surface area contributed by atoms with Gasteiger partial charge in [0.2, 0.25) is 0 Å². The summed E-state index contributed by atoms with van der Waals surface area (Å²) in [6.07, 6.45) is 32.2. The van der Waals surface area contributed by atoms with Crippen LogP contribution in [0.3, 0.4) is 0 Å². The number of aliphatic hydroxyl groups excluding tert-OH is 2. The average Bonchev–Trinajstić information content (AvgIpc) is 3.13. The number of unbranched alkanes of at least 4 members (excludes halogenated alkanes) is 28. The predicted octanol–water partition coefficient (Wildman–Crippen LogP) is 11.1. The van der Waals surface area contributed by atoms with E-state index in [9.17, 15) is 19.8 Å². The molecule has 51 heavy (non-hydrogen) atoms. The number of hydrogen-bond donors (Lipinski definition) is 2. The molecule has 2 N–H and O–H groups in total. The Bertz CT molecular complexity index is 792. The van der Waals surface area contributed by atoms with Crippen molar-refractivity contribution in [1.82, 2.24) is 0 Å². The highest BCUT2D eigenvalue weighted by Gasteiger charge is 2.47. The van der Waals surface area contributed by atoms with E-state index in [1.807, 2.05) is 0 Å². The van der Waals surface area contributed by atoms with Crippen LogP contribution in [0.5, 0.6) is 0 Å². The summed E-state index contributed by atoms with van der Waals surface area (Å²) < 4.78 is 21.8. The van der Waals surface area contributed by atoms with Gasteiger partial charge in [0, 0.05) is 20.0 Å². The first-order valence-corrected chi connectivity index (χ1v) is 21.8. The topological polar surface area (TPSA) is 112 Å². The molecular weight excluding hydrogens is 644 g/mol. The van der Waals surface area contributed by atoms with E-state index >= 15 is 0 Å². The highest BCUT2D eigenvalue weighted by Crippen LogP contribution is 2.26. The van der Waals surface area contributed by atoms with Gasteiger partial charge in [-0.1, -0.05) is 194 Å². The van der Waals surface area contributed by atoms with Crippen molar-refractivity contribution < 1.29 is 38.7 Å². The molecule has 0 aromatic carbocycles. The molecule has 5 atom stereocenters. The van der Waals surface area contributed by atoms with E-state index in [4.69, 9.17) is 18.9 Å². The van der Waals surface area contributed by atoms with Crippen molar-refractivity contribution in [3.05, 3.63) is 0 Å². The molecule has 8 heteroatoms. The zero-order valence-corrected chi connectivity index (χ0v) is 33.6. The fourth-order valence-electron chi connectivity index (χ4n) is 7.11. The highest BCUT2D eigenvalue weighted by molar-refractivity contribution is 5.70. The first-order chi connectivity index (χ1) is 24.9. The third kappa shape index (κ3) is 26.2. The maximum atomic E-state index is 12.6. The molecule has 1 aliphatic rings. The average molecular weight is 727 g/mol. The quantitative estimate of drug-likeness (QED) is 0.0485. The second kappa shape index (κ2) is 34.5. The Morgan fingerprint density at radius 2 is 0.824 bits per heavy atom. The van der Waals surface area contributed by atoms with Gasteiger partial charge in [0.05, 0.1) is 0 Å². The normalized spacial score (nSPS) is 20.5. The third-order valence-electron chi connectivity index (χ3n) is 10.5. The lowest BCUT2D eigenvalue weighted by atomic mass is 9.99. The van der Waals surface area contributed by atoms with Gasteiger partial charge < -0.3 is 29.2 Å². The first-order valence-electron chi connectivity index (χ1n) is 21.8. The van der Waals surface area contributed by atoms with Gasteiger partial charge in [-0.25, -0.2) is 0 Å². The van der Waals surface area contributed by atoms with Crippen molar-refractivity contribution in [1.29, 1.82) is 0 Å². The summed E-state index contributed by atoms with van der Waals surface area (Å²) in [7, 11) is 1.37. The van der Waals surface area contributed by atoms with Crippen LogP contribution in [0, 0.1) is 0 Å². The van der Waals surface area contributed by atoms with Crippen LogP contribution in [-0.2, 0) is 28.5 Å². The molecule has 0 spiro atoms. The number of rotatable bonds is 36. The minimum Gasteiger partial charge on any atom is -0.463 e. The molecule has 0 saturated carbocycles. The third-order valence-corrected chi connectivity index (χ3v) is 10.5. The zero-order valence-electron chi connectivity index (χ0n) is 33.6. The van der Waals surface area contributed by atoms with E-state index in [0.717, 1.165) is 32.1 Å². The first kappa shape index (κ1) is 47.8. The molecule has 1 rings (SSSR count). The highest BCUT2D eigenvalue weighted by atomic mass is 16.7. The summed E-state index contributed by atoms with van der Waals surface area (Å²) in [6.45, 7) is 4.33. The van der Waals surface area contributed by atoms with Crippen LogP contribution in [0.2, 0.25) is 0 Å². The Morgan fingerprint density at radius 3 is 1.18 bits per heavy atom. The summed E-state index contributed by atoms with van der Waals surface area (Å²) in [5.41, 5.74) is 0. The van der Waals surface area contributed by atoms with Crippen molar-refractivity contribution in [2.75, 3.05) is 13.7 Å². The standard InChI is InChI=1S/C43H82O8/c1-4-6-8-10-12-14-16-18-20-22-24-26-28-30-32-34-38(44)49-36-37-40(46)42(41(47)43(48-3)50-37)51-39(45)35-33-31-29-27-25-23-21-19-17-15-13-11-9-7-5-2/h37,40-43,46-47H,4-36H2,1-3H3/t37-,40-,41-,42+,43+/m1/s1. The summed E-state index contributed by atoms with van der Waals surface area (Å²) in [5, 5.41) is 21.5. The zero-order chi connectivity index (χ0) is 37.2. The predicted molar refractivity (Wildman–Crippen MR) is 208 cm³/mol. The minimum absolute atomic E-state index is 0.196. The van der Waals surface area contributed by atoms with Crippen LogP contribution in [0.15, 0.2) is 0 Å². The SMILES string of the molecule is CCCCCCCCCCCCCCCCCC(=O)OC[C@H]1O[C@H](OC)[C@H](O)[C@@H](OC(=O)CCCCCCCCCCCCCCCCC)[C@@H]1O. The second-order valence-electron chi connectivity index (χ2n) is 15.3. The largest absolute Gasteiger partial charge is 0.463 e. The maximum Gasteiger partial charge on any atom is 0.306 e. The van der Waals surface area contributed by atoms with Crippen LogP contribution in [-0.4, -0.2) is 66.6 Å². The van der Waals surface area contributed by atoms with Gasteiger partial charge in [0.15, 0.2) is 12.4 Å². The van der Waals surface area contributed by atoms with E-state index in [1.54, 1.807) is 0 Å². The Balaban J connectivity index is 2.12. The van der Waals surface area contributed by atoms with Crippen LogP contribution in [0.25, 0.3) is 0 Å². The van der Waals surface area contributed by atoms with Crippen molar-refractivity contribution in [2.24, 2.45) is 0 Å². The number of carbonyl (C=O) groups is 2. The van der Waals surface area contributed by atoms with Crippen LogP contribution < -0.4 is 0 Å². The molecule has 0 aromatic rings. The number of hydrogen-bond acceptors (Lipinski definition) is 8. The van der Waals surface area contributed by atoms with E-state index in [0.29, 0.717) is 12.8 Å². The van der Waals surface area contributed by atoms with Gasteiger partial charge in [-0.15, -0.1) is 0 Å². The van der Waals surface area contributed by atoms with E-state index < -0.39 is 36.7 Å². The van der Waals surface area contributed by atoms with Crippen molar-refractivity contribution in [2.45, 2.75) is 250 Å². The van der Waals surface area contributed by atoms with Crippen LogP contribution in [0.1, 0.15) is 219 Å². The molecule has 8 nitrogen and oxygen atoms in total. The molecule has 1 fully saturated rings. The Kier molecular flexibility index (Phi) is 32.4. The molecule has 1 heterocycles. The smallest absolute Gasteiger partial charge is 0.306 e. The Morgan fingerprint density at radius 1 is 0.490 bits per heavy atom. The Labute approximate surface area is 313 Å². The van der Waals surface area contributed by atoms with Crippen molar-refractivity contribution in [3.63, 3.8) is 0 Å². The van der Waals surface area contributed by atoms with Crippen molar-refractivity contribution in [3.8, 4) is 0 Å². The number of methoxy groups -OCH3 is 1. The molecule has 0 amide bonds. The fraction of sp³-hybridized carbons (Fsp3) is 0.953. The lowest BCUT2D eigenvalue weighted by Gasteiger charge is -2.41. The van der Waals surface area contributed by atoms with E-state index in [-0.39, 0.29) is 19.0 Å². The van der Waals surface area contributed by atoms with E-state index in [1.165, 1.54) is 161 Å². The molecule has 1 saturated heterocycles. The lowest BCUT2D eigenvalue weighted by Crippen LogP contribution is -2.60. The number of ether oxygens (including phenoxy) is 4. The fourth-order valence-corrected chi connectivity index (χ4v) is 7.11. The lowest BCUT2D eigenvalue weighted by molar-refractivity contribution is -0.297. The van der Waals surface area contributed by atoms with Gasteiger partial charge in [-0.2, -0.15) is 0 Å². The van der Waals surface area contributed by atoms with Crippen LogP contribution >= 0.6 is 0 Å². The molecule has 0 radical (unpaired) electrons. The van der Waals surface area contributed by atoms with Gasteiger partial charge in [0.1, 0.15) is 24.9 Å².